The maximum Gasteiger partial charge on any atom is 0.413 e. The lowest BCUT2D eigenvalue weighted by atomic mass is 9.70. The molecule has 0 aliphatic heterocycles. The van der Waals surface area contributed by atoms with E-state index in [2.05, 4.69) is 25.5 Å². The summed E-state index contributed by atoms with van der Waals surface area (Å²) in [6.45, 7) is 8.03. The number of pyridine rings is 1. The number of fused-ring (bicyclic) bond motifs is 2. The maximum atomic E-state index is 13.2. The van der Waals surface area contributed by atoms with E-state index in [1.165, 1.54) is 6.92 Å². The SMILES string of the molecule is COC(=O)NC(=O)[C@@H](C)OC(=O)c1c2c(nc3ccccc13)CC[C@@H](C(C)(C)C)C2. The molecule has 0 saturated carbocycles. The number of methoxy groups -OCH3 is 1. The molecule has 7 heteroatoms. The molecule has 0 spiro atoms. The highest BCUT2D eigenvalue weighted by Gasteiger charge is 2.34. The number of hydrogen-bond donors (Lipinski definition) is 1. The Kier molecular flexibility index (Phi) is 6.10. The van der Waals surface area contributed by atoms with Crippen molar-refractivity contribution in [2.24, 2.45) is 11.3 Å². The number of nitrogens with zero attached hydrogens (tertiary/aromatic N) is 1. The molecule has 0 bridgehead atoms. The second kappa shape index (κ2) is 8.42. The normalized spacial score (nSPS) is 17.0. The molecule has 1 aromatic carbocycles. The van der Waals surface area contributed by atoms with Crippen molar-refractivity contribution in [3.8, 4) is 0 Å². The molecular formula is C23H28N2O5. The van der Waals surface area contributed by atoms with Gasteiger partial charge in [0, 0.05) is 11.1 Å². The standard InChI is InChI=1S/C23H28N2O5/c1-13(20(26)25-22(28)29-5)30-21(27)19-15-8-6-7-9-17(15)24-18-11-10-14(12-16(18)19)23(2,3)4/h6-9,13-14H,10-12H2,1-5H3,(H,25,26,28)/t13-,14-/m1/s1. The Labute approximate surface area is 176 Å². The van der Waals surface area contributed by atoms with E-state index in [1.54, 1.807) is 0 Å². The van der Waals surface area contributed by atoms with Crippen molar-refractivity contribution < 1.29 is 23.9 Å². The predicted molar refractivity (Wildman–Crippen MR) is 112 cm³/mol. The summed E-state index contributed by atoms with van der Waals surface area (Å²) in [4.78, 5) is 41.4. The quantitative estimate of drug-likeness (QED) is 0.771. The minimum Gasteiger partial charge on any atom is -0.453 e. The third kappa shape index (κ3) is 4.45. The summed E-state index contributed by atoms with van der Waals surface area (Å²) in [5, 5.41) is 2.73. The molecule has 1 N–H and O–H groups in total. The van der Waals surface area contributed by atoms with Gasteiger partial charge >= 0.3 is 12.1 Å². The first-order valence-electron chi connectivity index (χ1n) is 10.1. The van der Waals surface area contributed by atoms with Gasteiger partial charge in [-0.3, -0.25) is 15.1 Å². The van der Waals surface area contributed by atoms with Gasteiger partial charge in [0.15, 0.2) is 6.10 Å². The van der Waals surface area contributed by atoms with Crippen LogP contribution in [0.2, 0.25) is 0 Å². The van der Waals surface area contributed by atoms with Crippen LogP contribution in [0.5, 0.6) is 0 Å². The lowest BCUT2D eigenvalue weighted by Gasteiger charge is -2.35. The average molecular weight is 412 g/mol. The van der Waals surface area contributed by atoms with Gasteiger partial charge in [-0.2, -0.15) is 0 Å². The minimum absolute atomic E-state index is 0.0954. The van der Waals surface area contributed by atoms with Crippen molar-refractivity contribution >= 4 is 28.9 Å². The van der Waals surface area contributed by atoms with Crippen molar-refractivity contribution in [1.82, 2.24) is 10.3 Å². The molecule has 0 fully saturated rings. The second-order valence-corrected chi connectivity index (χ2v) is 8.76. The maximum absolute atomic E-state index is 13.2. The highest BCUT2D eigenvalue weighted by atomic mass is 16.6. The number of hydrogen-bond acceptors (Lipinski definition) is 6. The van der Waals surface area contributed by atoms with Gasteiger partial charge in [0.1, 0.15) is 0 Å². The fraction of sp³-hybridized carbons (Fsp3) is 0.478. The zero-order valence-corrected chi connectivity index (χ0v) is 18.1. The number of nitrogens with one attached hydrogen (secondary N) is 1. The Morgan fingerprint density at radius 3 is 2.57 bits per heavy atom. The number of carbonyl (C=O) groups excluding carboxylic acids is 3. The number of benzene rings is 1. The summed E-state index contributed by atoms with van der Waals surface area (Å²) < 4.78 is 9.87. The van der Waals surface area contributed by atoms with E-state index in [-0.39, 0.29) is 5.41 Å². The summed E-state index contributed by atoms with van der Waals surface area (Å²) in [6, 6.07) is 7.45. The van der Waals surface area contributed by atoms with Crippen molar-refractivity contribution in [2.75, 3.05) is 7.11 Å². The number of rotatable bonds is 3. The molecule has 2 aromatic rings. The zero-order chi connectivity index (χ0) is 22.1. The molecule has 30 heavy (non-hydrogen) atoms. The number of alkyl carbamates (subject to hydrolysis) is 1. The number of esters is 1. The van der Waals surface area contributed by atoms with Crippen LogP contribution in [0.4, 0.5) is 4.79 Å². The molecule has 0 unspecified atom stereocenters. The van der Waals surface area contributed by atoms with E-state index in [9.17, 15) is 14.4 Å². The van der Waals surface area contributed by atoms with Gasteiger partial charge in [-0.25, -0.2) is 9.59 Å². The van der Waals surface area contributed by atoms with E-state index in [0.29, 0.717) is 16.9 Å². The summed E-state index contributed by atoms with van der Waals surface area (Å²) in [7, 11) is 1.15. The number of aryl methyl sites for hydroxylation is 1. The second-order valence-electron chi connectivity index (χ2n) is 8.76. The summed E-state index contributed by atoms with van der Waals surface area (Å²) in [6.07, 6.45) is 0.475. The Balaban J connectivity index is 1.98. The molecule has 3 rings (SSSR count). The van der Waals surface area contributed by atoms with Crippen LogP contribution in [-0.4, -0.2) is 36.2 Å². The van der Waals surface area contributed by atoms with Crippen molar-refractivity contribution in [3.63, 3.8) is 0 Å². The van der Waals surface area contributed by atoms with Crippen LogP contribution in [-0.2, 0) is 27.1 Å². The van der Waals surface area contributed by atoms with Crippen LogP contribution in [0.15, 0.2) is 24.3 Å². The first kappa shape index (κ1) is 21.7. The largest absolute Gasteiger partial charge is 0.453 e. The summed E-state index contributed by atoms with van der Waals surface area (Å²) in [5.41, 5.74) is 3.09. The Bertz CT molecular complexity index is 993. The molecule has 1 aromatic heterocycles. The van der Waals surface area contributed by atoms with E-state index in [0.717, 1.165) is 43.1 Å². The van der Waals surface area contributed by atoms with Crippen LogP contribution in [0, 0.1) is 11.3 Å². The molecule has 2 atom stereocenters. The van der Waals surface area contributed by atoms with Crippen LogP contribution >= 0.6 is 0 Å². The van der Waals surface area contributed by atoms with Crippen LogP contribution in [0.1, 0.15) is 55.7 Å². The fourth-order valence-electron chi connectivity index (χ4n) is 3.89. The molecule has 0 saturated heterocycles. The Morgan fingerprint density at radius 2 is 1.90 bits per heavy atom. The topological polar surface area (TPSA) is 94.6 Å². The fourth-order valence-corrected chi connectivity index (χ4v) is 3.89. The third-order valence-electron chi connectivity index (χ3n) is 5.75. The lowest BCUT2D eigenvalue weighted by molar-refractivity contribution is -0.128. The monoisotopic (exact) mass is 412 g/mol. The summed E-state index contributed by atoms with van der Waals surface area (Å²) >= 11 is 0. The number of ether oxygens (including phenoxy) is 2. The molecular weight excluding hydrogens is 384 g/mol. The average Bonchev–Trinajstić information content (AvgIpc) is 2.70. The number of para-hydroxylation sites is 1. The number of amides is 2. The third-order valence-corrected chi connectivity index (χ3v) is 5.75. The molecule has 1 aliphatic carbocycles. The van der Waals surface area contributed by atoms with E-state index in [4.69, 9.17) is 9.72 Å². The minimum atomic E-state index is -1.15. The van der Waals surface area contributed by atoms with E-state index in [1.807, 2.05) is 29.6 Å². The number of aromatic nitrogens is 1. The van der Waals surface area contributed by atoms with Gasteiger partial charge in [0.25, 0.3) is 5.91 Å². The van der Waals surface area contributed by atoms with Crippen LogP contribution < -0.4 is 5.32 Å². The van der Waals surface area contributed by atoms with Crippen molar-refractivity contribution in [3.05, 3.63) is 41.1 Å². The van der Waals surface area contributed by atoms with Gasteiger partial charge in [0.2, 0.25) is 0 Å². The van der Waals surface area contributed by atoms with Gasteiger partial charge in [-0.15, -0.1) is 0 Å². The Hall–Kier alpha value is -2.96. The zero-order valence-electron chi connectivity index (χ0n) is 18.1. The smallest absolute Gasteiger partial charge is 0.413 e. The molecule has 7 nitrogen and oxygen atoms in total. The van der Waals surface area contributed by atoms with Crippen molar-refractivity contribution in [2.45, 2.75) is 53.1 Å². The molecule has 1 heterocycles. The molecule has 0 radical (unpaired) electrons. The highest BCUT2D eigenvalue weighted by molar-refractivity contribution is 6.06. The van der Waals surface area contributed by atoms with Gasteiger partial charge in [-0.1, -0.05) is 39.0 Å². The molecule has 160 valence electrons. The van der Waals surface area contributed by atoms with Crippen molar-refractivity contribution in [1.29, 1.82) is 0 Å². The van der Waals surface area contributed by atoms with Gasteiger partial charge < -0.3 is 9.47 Å². The van der Waals surface area contributed by atoms with Crippen LogP contribution in [0.3, 0.4) is 0 Å². The number of carbonyl (C=O) groups is 3. The van der Waals surface area contributed by atoms with Gasteiger partial charge in [-0.05, 0) is 49.1 Å². The van der Waals surface area contributed by atoms with Crippen LogP contribution in [0.25, 0.3) is 10.9 Å². The van der Waals surface area contributed by atoms with E-state index < -0.39 is 24.1 Å². The molecule has 1 aliphatic rings. The van der Waals surface area contributed by atoms with E-state index >= 15 is 0 Å². The first-order chi connectivity index (χ1) is 14.1. The predicted octanol–water partition coefficient (Wildman–Crippen LogP) is 3.81. The number of imide groups is 1. The van der Waals surface area contributed by atoms with Gasteiger partial charge in [0.05, 0.1) is 18.2 Å². The highest BCUT2D eigenvalue weighted by Crippen LogP contribution is 2.39. The first-order valence-corrected chi connectivity index (χ1v) is 10.1. The Morgan fingerprint density at radius 1 is 1.20 bits per heavy atom. The molecule has 2 amide bonds. The lowest BCUT2D eigenvalue weighted by Crippen LogP contribution is -2.39. The summed E-state index contributed by atoms with van der Waals surface area (Å²) in [5.74, 6) is -0.929.